The van der Waals surface area contributed by atoms with E-state index in [4.69, 9.17) is 10.5 Å². The highest BCUT2D eigenvalue weighted by molar-refractivity contribution is 5.50. The molecule has 0 aliphatic rings. The smallest absolute Gasteiger partial charge is 0.0992 e. The van der Waals surface area contributed by atoms with Crippen LogP contribution < -0.4 is 4.90 Å². The first kappa shape index (κ1) is 11.1. The topological polar surface area (TPSA) is 50.8 Å². The van der Waals surface area contributed by atoms with E-state index in [2.05, 4.69) is 17.0 Å². The minimum absolute atomic E-state index is 0.572. The predicted molar refractivity (Wildman–Crippen MR) is 59.3 cm³/mol. The number of unbranched alkanes of at least 4 members (excludes halogenated alkanes) is 1. The van der Waals surface area contributed by atoms with Gasteiger partial charge in [-0.05, 0) is 24.6 Å². The average Bonchev–Trinajstić information content (AvgIpc) is 2.29. The summed E-state index contributed by atoms with van der Waals surface area (Å²) < 4.78 is 0. The Morgan fingerprint density at radius 3 is 2.80 bits per heavy atom. The van der Waals surface area contributed by atoms with Crippen molar-refractivity contribution in [2.45, 2.75) is 12.8 Å². The molecule has 0 aromatic heterocycles. The van der Waals surface area contributed by atoms with E-state index in [-0.39, 0.29) is 0 Å². The van der Waals surface area contributed by atoms with Crippen LogP contribution >= 0.6 is 0 Å². The minimum atomic E-state index is 0.572. The first-order valence-corrected chi connectivity index (χ1v) is 4.86. The van der Waals surface area contributed by atoms with E-state index in [9.17, 15) is 0 Å². The molecule has 76 valence electrons. The third kappa shape index (κ3) is 3.32. The van der Waals surface area contributed by atoms with Gasteiger partial charge in [0.05, 0.1) is 17.7 Å². The molecule has 0 atom stereocenters. The Kier molecular flexibility index (Phi) is 4.19. The molecular weight excluding hydrogens is 186 g/mol. The zero-order valence-electron chi connectivity index (χ0n) is 8.77. The summed E-state index contributed by atoms with van der Waals surface area (Å²) in [6.07, 6.45) is 1.42. The van der Waals surface area contributed by atoms with Gasteiger partial charge in [-0.3, -0.25) is 0 Å². The van der Waals surface area contributed by atoms with E-state index < -0.39 is 0 Å². The van der Waals surface area contributed by atoms with Crippen LogP contribution in [0.3, 0.4) is 0 Å². The van der Waals surface area contributed by atoms with E-state index in [1.165, 1.54) is 0 Å². The number of anilines is 1. The zero-order valence-corrected chi connectivity index (χ0v) is 8.77. The summed E-state index contributed by atoms with van der Waals surface area (Å²) in [5.41, 5.74) is 1.69. The molecular formula is C12H13N3. The summed E-state index contributed by atoms with van der Waals surface area (Å²) in [7, 11) is 1.97. The highest BCUT2D eigenvalue weighted by Gasteiger charge is 2.00. The van der Waals surface area contributed by atoms with Gasteiger partial charge in [-0.25, -0.2) is 0 Å². The lowest BCUT2D eigenvalue weighted by Crippen LogP contribution is -2.18. The van der Waals surface area contributed by atoms with Crippen LogP contribution in [0.1, 0.15) is 18.4 Å². The molecule has 0 N–H and O–H groups in total. The molecule has 0 fully saturated rings. The monoisotopic (exact) mass is 199 g/mol. The average molecular weight is 199 g/mol. The molecule has 0 saturated heterocycles. The number of rotatable bonds is 4. The van der Waals surface area contributed by atoms with E-state index in [1.807, 2.05) is 25.2 Å². The Morgan fingerprint density at radius 2 is 2.13 bits per heavy atom. The maximum atomic E-state index is 8.75. The Labute approximate surface area is 90.2 Å². The van der Waals surface area contributed by atoms with Gasteiger partial charge in [-0.1, -0.05) is 6.07 Å². The van der Waals surface area contributed by atoms with E-state index >= 15 is 0 Å². The van der Waals surface area contributed by atoms with Gasteiger partial charge in [0.15, 0.2) is 0 Å². The van der Waals surface area contributed by atoms with Crippen molar-refractivity contribution in [3.05, 3.63) is 29.8 Å². The lowest BCUT2D eigenvalue weighted by atomic mass is 10.2. The van der Waals surface area contributed by atoms with Gasteiger partial charge in [0.2, 0.25) is 0 Å². The highest BCUT2D eigenvalue weighted by atomic mass is 15.1. The van der Waals surface area contributed by atoms with Crippen LogP contribution in [-0.2, 0) is 0 Å². The number of hydrogen-bond donors (Lipinski definition) is 0. The van der Waals surface area contributed by atoms with Crippen molar-refractivity contribution in [2.75, 3.05) is 18.5 Å². The Morgan fingerprint density at radius 1 is 1.33 bits per heavy atom. The van der Waals surface area contributed by atoms with Crippen molar-refractivity contribution in [3.63, 3.8) is 0 Å². The van der Waals surface area contributed by atoms with Crippen LogP contribution in [0.2, 0.25) is 0 Å². The van der Waals surface area contributed by atoms with Crippen LogP contribution in [0.15, 0.2) is 24.3 Å². The van der Waals surface area contributed by atoms with E-state index in [1.54, 1.807) is 6.07 Å². The second kappa shape index (κ2) is 5.67. The van der Waals surface area contributed by atoms with Gasteiger partial charge in [0.25, 0.3) is 0 Å². The first-order chi connectivity index (χ1) is 7.27. The van der Waals surface area contributed by atoms with Crippen molar-refractivity contribution in [1.29, 1.82) is 10.5 Å². The largest absolute Gasteiger partial charge is 0.375 e. The van der Waals surface area contributed by atoms with Gasteiger partial charge in [-0.15, -0.1) is 0 Å². The molecule has 0 heterocycles. The molecule has 0 unspecified atom stereocenters. The highest BCUT2D eigenvalue weighted by Crippen LogP contribution is 2.14. The molecule has 1 aromatic rings. The summed E-state index contributed by atoms with van der Waals surface area (Å²) in [5.74, 6) is 0. The van der Waals surface area contributed by atoms with Gasteiger partial charge in [0, 0.05) is 25.7 Å². The molecule has 1 aromatic carbocycles. The quantitative estimate of drug-likeness (QED) is 0.699. The van der Waals surface area contributed by atoms with E-state index in [0.29, 0.717) is 12.0 Å². The van der Waals surface area contributed by atoms with Crippen LogP contribution in [0.4, 0.5) is 5.69 Å². The summed E-state index contributed by atoms with van der Waals surface area (Å²) >= 11 is 0. The maximum absolute atomic E-state index is 8.75. The fourth-order valence-electron chi connectivity index (χ4n) is 1.34. The number of nitrogens with zero attached hydrogens (tertiary/aromatic N) is 3. The van der Waals surface area contributed by atoms with Gasteiger partial charge in [0.1, 0.15) is 0 Å². The lowest BCUT2D eigenvalue weighted by molar-refractivity contribution is 0.806. The second-order valence-electron chi connectivity index (χ2n) is 3.35. The Bertz CT molecular complexity index is 398. The van der Waals surface area contributed by atoms with Crippen molar-refractivity contribution in [3.8, 4) is 12.1 Å². The molecule has 3 nitrogen and oxygen atoms in total. The number of benzene rings is 1. The molecule has 1 rings (SSSR count). The zero-order chi connectivity index (χ0) is 11.1. The first-order valence-electron chi connectivity index (χ1n) is 4.86. The predicted octanol–water partition coefficient (Wildman–Crippen LogP) is 2.30. The molecule has 0 amide bonds. The SMILES string of the molecule is CN(CCCC#N)c1cccc(C#N)c1. The second-order valence-corrected chi connectivity index (χ2v) is 3.35. The maximum Gasteiger partial charge on any atom is 0.0992 e. The fraction of sp³-hybridized carbons (Fsp3) is 0.333. The van der Waals surface area contributed by atoms with Crippen molar-refractivity contribution >= 4 is 5.69 Å². The molecule has 0 aliphatic carbocycles. The summed E-state index contributed by atoms with van der Waals surface area (Å²) in [4.78, 5) is 2.05. The van der Waals surface area contributed by atoms with Crippen LogP contribution in [0.25, 0.3) is 0 Å². The molecule has 15 heavy (non-hydrogen) atoms. The third-order valence-corrected chi connectivity index (χ3v) is 2.20. The summed E-state index contributed by atoms with van der Waals surface area (Å²) in [6, 6.07) is 11.7. The normalized spacial score (nSPS) is 9.00. The molecule has 0 radical (unpaired) electrons. The minimum Gasteiger partial charge on any atom is -0.375 e. The summed E-state index contributed by atoms with van der Waals surface area (Å²) in [5, 5.41) is 17.2. The van der Waals surface area contributed by atoms with Crippen molar-refractivity contribution in [2.24, 2.45) is 0 Å². The van der Waals surface area contributed by atoms with Crippen LogP contribution in [0.5, 0.6) is 0 Å². The van der Waals surface area contributed by atoms with Gasteiger partial charge < -0.3 is 4.90 Å². The Hall–Kier alpha value is -2.00. The fourth-order valence-corrected chi connectivity index (χ4v) is 1.34. The third-order valence-electron chi connectivity index (χ3n) is 2.20. The van der Waals surface area contributed by atoms with Crippen molar-refractivity contribution in [1.82, 2.24) is 0 Å². The van der Waals surface area contributed by atoms with Crippen LogP contribution in [0, 0.1) is 22.7 Å². The molecule has 3 heteroatoms. The van der Waals surface area contributed by atoms with Gasteiger partial charge >= 0.3 is 0 Å². The number of hydrogen-bond acceptors (Lipinski definition) is 3. The molecule has 0 bridgehead atoms. The molecule has 0 saturated carbocycles. The molecule has 0 aliphatic heterocycles. The van der Waals surface area contributed by atoms with Gasteiger partial charge in [-0.2, -0.15) is 10.5 Å². The lowest BCUT2D eigenvalue weighted by Gasteiger charge is -2.18. The van der Waals surface area contributed by atoms with E-state index in [0.717, 1.165) is 18.7 Å². The molecule has 0 spiro atoms. The number of nitriles is 2. The van der Waals surface area contributed by atoms with Crippen molar-refractivity contribution < 1.29 is 0 Å². The van der Waals surface area contributed by atoms with Crippen LogP contribution in [-0.4, -0.2) is 13.6 Å². The Balaban J connectivity index is 2.62. The summed E-state index contributed by atoms with van der Waals surface area (Å²) in [6.45, 7) is 0.836. The standard InChI is InChI=1S/C12H13N3/c1-15(8-3-2-7-13)12-6-4-5-11(9-12)10-14/h4-6,9H,2-3,8H2,1H3.